The molecule has 5 heteroatoms. The Balaban J connectivity index is 2.08. The monoisotopic (exact) mass is 281 g/mol. The van der Waals surface area contributed by atoms with Crippen molar-refractivity contribution in [2.24, 2.45) is 0 Å². The van der Waals surface area contributed by atoms with E-state index in [0.717, 1.165) is 11.4 Å². The fourth-order valence-electron chi connectivity index (χ4n) is 1.38. The highest BCUT2D eigenvalue weighted by atomic mass is 35.5. The fourth-order valence-corrected chi connectivity index (χ4v) is 2.36. The van der Waals surface area contributed by atoms with E-state index >= 15 is 0 Å². The van der Waals surface area contributed by atoms with E-state index in [1.54, 1.807) is 43.5 Å². The van der Waals surface area contributed by atoms with E-state index in [9.17, 15) is 4.21 Å². The van der Waals surface area contributed by atoms with Crippen molar-refractivity contribution < 1.29 is 8.95 Å². The van der Waals surface area contributed by atoms with Crippen LogP contribution in [0.25, 0.3) is 0 Å². The first-order valence-electron chi connectivity index (χ1n) is 5.27. The van der Waals surface area contributed by atoms with Crippen molar-refractivity contribution in [1.82, 2.24) is 0 Å². The van der Waals surface area contributed by atoms with Crippen LogP contribution in [0.15, 0.2) is 53.4 Å². The van der Waals surface area contributed by atoms with E-state index in [1.165, 1.54) is 0 Å². The highest BCUT2D eigenvalue weighted by Crippen LogP contribution is 2.18. The molecular weight excluding hydrogens is 270 g/mol. The van der Waals surface area contributed by atoms with Gasteiger partial charge in [-0.25, -0.2) is 4.21 Å². The number of benzene rings is 2. The Bertz CT molecular complexity index is 540. The fraction of sp³-hybridized carbons (Fsp3) is 0.0769. The number of hydrogen-bond donors (Lipinski definition) is 1. The number of rotatable bonds is 4. The Morgan fingerprint density at radius 3 is 2.22 bits per heavy atom. The average molecular weight is 282 g/mol. The van der Waals surface area contributed by atoms with Crippen LogP contribution in [-0.4, -0.2) is 11.3 Å². The molecule has 0 aliphatic heterocycles. The minimum atomic E-state index is -1.30. The lowest BCUT2D eigenvalue weighted by molar-refractivity contribution is 0.415. The van der Waals surface area contributed by atoms with Gasteiger partial charge in [-0.3, -0.25) is 0 Å². The smallest absolute Gasteiger partial charge is 0.150 e. The number of methoxy groups -OCH3 is 1. The van der Waals surface area contributed by atoms with Gasteiger partial charge >= 0.3 is 0 Å². The van der Waals surface area contributed by atoms with Crippen LogP contribution < -0.4 is 9.46 Å². The lowest BCUT2D eigenvalue weighted by Gasteiger charge is -2.07. The van der Waals surface area contributed by atoms with Crippen LogP contribution in [0.4, 0.5) is 5.69 Å². The number of ether oxygens (including phenoxy) is 1. The molecule has 2 rings (SSSR count). The summed E-state index contributed by atoms with van der Waals surface area (Å²) in [6.45, 7) is 0. The van der Waals surface area contributed by atoms with Crippen LogP contribution in [-0.2, 0) is 11.0 Å². The van der Waals surface area contributed by atoms with Gasteiger partial charge < -0.3 is 9.46 Å². The Morgan fingerprint density at radius 2 is 1.67 bits per heavy atom. The van der Waals surface area contributed by atoms with E-state index in [4.69, 9.17) is 16.3 Å². The van der Waals surface area contributed by atoms with E-state index < -0.39 is 11.0 Å². The van der Waals surface area contributed by atoms with Crippen molar-refractivity contribution >= 4 is 28.3 Å². The van der Waals surface area contributed by atoms with Gasteiger partial charge in [0.05, 0.1) is 12.0 Å². The molecule has 0 aliphatic carbocycles. The third kappa shape index (κ3) is 3.24. The SMILES string of the molecule is COc1ccc(N[S@](=O)c2ccc(Cl)cc2)cc1. The zero-order valence-electron chi connectivity index (χ0n) is 9.72. The van der Waals surface area contributed by atoms with Crippen molar-refractivity contribution in [3.63, 3.8) is 0 Å². The molecule has 0 saturated carbocycles. The average Bonchev–Trinajstić information content (AvgIpc) is 2.40. The van der Waals surface area contributed by atoms with Gasteiger partial charge in [0, 0.05) is 10.7 Å². The highest BCUT2D eigenvalue weighted by Gasteiger charge is 2.03. The second kappa shape index (κ2) is 5.89. The summed E-state index contributed by atoms with van der Waals surface area (Å²) in [4.78, 5) is 0.676. The van der Waals surface area contributed by atoms with Crippen LogP contribution in [0.1, 0.15) is 0 Å². The lowest BCUT2D eigenvalue weighted by atomic mass is 10.3. The third-order valence-electron chi connectivity index (χ3n) is 2.33. The zero-order valence-corrected chi connectivity index (χ0v) is 11.3. The van der Waals surface area contributed by atoms with Crippen molar-refractivity contribution in [2.75, 3.05) is 11.8 Å². The van der Waals surface area contributed by atoms with Gasteiger partial charge in [0.1, 0.15) is 16.7 Å². The summed E-state index contributed by atoms with van der Waals surface area (Å²) in [6, 6.07) is 14.1. The number of hydrogen-bond acceptors (Lipinski definition) is 2. The molecule has 0 aliphatic rings. The van der Waals surface area contributed by atoms with Crippen LogP contribution in [0.3, 0.4) is 0 Å². The second-order valence-electron chi connectivity index (χ2n) is 3.55. The molecule has 0 radical (unpaired) electrons. The predicted molar refractivity (Wildman–Crippen MR) is 74.5 cm³/mol. The molecule has 0 saturated heterocycles. The molecule has 0 bridgehead atoms. The molecule has 0 fully saturated rings. The molecule has 18 heavy (non-hydrogen) atoms. The Morgan fingerprint density at radius 1 is 1.06 bits per heavy atom. The summed E-state index contributed by atoms with van der Waals surface area (Å²) >= 11 is 5.78. The molecule has 94 valence electrons. The lowest BCUT2D eigenvalue weighted by Crippen LogP contribution is -2.04. The number of halogens is 1. The maximum atomic E-state index is 12.0. The molecular formula is C13H12ClNO2S. The minimum Gasteiger partial charge on any atom is -0.497 e. The van der Waals surface area contributed by atoms with Crippen molar-refractivity contribution in [2.45, 2.75) is 4.90 Å². The van der Waals surface area contributed by atoms with Gasteiger partial charge in [0.15, 0.2) is 0 Å². The van der Waals surface area contributed by atoms with Gasteiger partial charge in [-0.05, 0) is 48.5 Å². The van der Waals surface area contributed by atoms with E-state index in [0.29, 0.717) is 9.92 Å². The summed E-state index contributed by atoms with van der Waals surface area (Å²) in [7, 11) is 0.305. The molecule has 2 aromatic carbocycles. The Hall–Kier alpha value is -1.52. The summed E-state index contributed by atoms with van der Waals surface area (Å²) in [6.07, 6.45) is 0. The number of nitrogens with one attached hydrogen (secondary N) is 1. The van der Waals surface area contributed by atoms with Gasteiger partial charge in [-0.15, -0.1) is 0 Å². The third-order valence-corrected chi connectivity index (χ3v) is 3.70. The summed E-state index contributed by atoms with van der Waals surface area (Å²) < 4.78 is 20.0. The van der Waals surface area contributed by atoms with Gasteiger partial charge in [0.2, 0.25) is 0 Å². The maximum Gasteiger partial charge on any atom is 0.150 e. The molecule has 0 unspecified atom stereocenters. The topological polar surface area (TPSA) is 38.3 Å². The predicted octanol–water partition coefficient (Wildman–Crippen LogP) is 3.48. The molecule has 0 spiro atoms. The second-order valence-corrected chi connectivity index (χ2v) is 5.20. The molecule has 0 amide bonds. The van der Waals surface area contributed by atoms with E-state index in [-0.39, 0.29) is 0 Å². The first-order chi connectivity index (χ1) is 8.69. The van der Waals surface area contributed by atoms with Crippen LogP contribution >= 0.6 is 11.6 Å². The summed E-state index contributed by atoms with van der Waals surface area (Å²) in [5, 5.41) is 0.625. The summed E-state index contributed by atoms with van der Waals surface area (Å²) in [5.74, 6) is 0.762. The quantitative estimate of drug-likeness (QED) is 0.932. The van der Waals surface area contributed by atoms with E-state index in [1.807, 2.05) is 12.1 Å². The molecule has 1 atom stereocenters. The molecule has 0 aromatic heterocycles. The first-order valence-corrected chi connectivity index (χ1v) is 6.80. The van der Waals surface area contributed by atoms with Crippen LogP contribution in [0, 0.1) is 0 Å². The largest absolute Gasteiger partial charge is 0.497 e. The maximum absolute atomic E-state index is 12.0. The Kier molecular flexibility index (Phi) is 4.23. The zero-order chi connectivity index (χ0) is 13.0. The minimum absolute atomic E-state index is 0.625. The highest BCUT2D eigenvalue weighted by molar-refractivity contribution is 7.86. The number of anilines is 1. The molecule has 0 heterocycles. The van der Waals surface area contributed by atoms with E-state index in [2.05, 4.69) is 4.72 Å². The van der Waals surface area contributed by atoms with Crippen molar-refractivity contribution in [3.05, 3.63) is 53.6 Å². The van der Waals surface area contributed by atoms with Crippen LogP contribution in [0.2, 0.25) is 5.02 Å². The summed E-state index contributed by atoms with van der Waals surface area (Å²) in [5.41, 5.74) is 0.768. The van der Waals surface area contributed by atoms with Crippen molar-refractivity contribution in [3.8, 4) is 5.75 Å². The van der Waals surface area contributed by atoms with Gasteiger partial charge in [-0.2, -0.15) is 0 Å². The molecule has 2 aromatic rings. The van der Waals surface area contributed by atoms with Crippen molar-refractivity contribution in [1.29, 1.82) is 0 Å². The van der Waals surface area contributed by atoms with Crippen LogP contribution in [0.5, 0.6) is 5.75 Å². The standard InChI is InChI=1S/C13H12ClNO2S/c1-17-12-6-4-11(5-7-12)15-18(16)13-8-2-10(14)3-9-13/h2-9,15H,1H3/t18-/m1/s1. The molecule has 1 N–H and O–H groups in total. The van der Waals surface area contributed by atoms with Gasteiger partial charge in [-0.1, -0.05) is 11.6 Å². The first kappa shape index (κ1) is 12.9. The van der Waals surface area contributed by atoms with Gasteiger partial charge in [0.25, 0.3) is 0 Å². The normalized spacial score (nSPS) is 11.9. The molecule has 3 nitrogen and oxygen atoms in total. The Labute approximate surface area is 113 Å².